The molecule has 1 amide bonds. The van der Waals surface area contributed by atoms with Gasteiger partial charge in [0.2, 0.25) is 0 Å². The molecule has 2 N–H and O–H groups in total. The highest BCUT2D eigenvalue weighted by molar-refractivity contribution is 6.00. The number of nitrogens with zero attached hydrogens (tertiary/aromatic N) is 1. The van der Waals surface area contributed by atoms with Gasteiger partial charge in [0.25, 0.3) is 5.91 Å². The smallest absolute Gasteiger partial charge is 0.336 e. The zero-order chi connectivity index (χ0) is 21.3. The third kappa shape index (κ3) is 3.71. The lowest BCUT2D eigenvalue weighted by molar-refractivity contribution is 0.0678. The Bertz CT molecular complexity index is 1150. The van der Waals surface area contributed by atoms with Gasteiger partial charge in [-0.3, -0.25) is 4.79 Å². The van der Waals surface area contributed by atoms with E-state index in [0.29, 0.717) is 29.9 Å². The molecular formula is C24H26N2O4. The molecule has 1 aliphatic heterocycles. The molecule has 1 aliphatic rings. The zero-order valence-corrected chi connectivity index (χ0v) is 17.3. The maximum Gasteiger partial charge on any atom is 0.336 e. The molecule has 0 unspecified atom stereocenters. The summed E-state index contributed by atoms with van der Waals surface area (Å²) in [7, 11) is 0. The Labute approximate surface area is 175 Å². The summed E-state index contributed by atoms with van der Waals surface area (Å²) in [5.74, 6) is -0.0847. The molecule has 1 atom stereocenters. The van der Waals surface area contributed by atoms with Gasteiger partial charge in [0, 0.05) is 30.2 Å². The maximum atomic E-state index is 13.1. The first kappa shape index (κ1) is 20.2. The van der Waals surface area contributed by atoms with Gasteiger partial charge in [-0.15, -0.1) is 0 Å². The quantitative estimate of drug-likeness (QED) is 0.633. The Morgan fingerprint density at radius 1 is 1.23 bits per heavy atom. The van der Waals surface area contributed by atoms with E-state index in [-0.39, 0.29) is 24.2 Å². The molecule has 156 valence electrons. The van der Waals surface area contributed by atoms with Gasteiger partial charge in [0.05, 0.1) is 18.2 Å². The molecule has 0 radical (unpaired) electrons. The number of likely N-dealkylation sites (tertiary alicyclic amines) is 1. The van der Waals surface area contributed by atoms with Crippen molar-refractivity contribution in [3.63, 3.8) is 0 Å². The van der Waals surface area contributed by atoms with Crippen LogP contribution in [0.25, 0.3) is 11.0 Å². The van der Waals surface area contributed by atoms with E-state index in [0.717, 1.165) is 34.9 Å². The van der Waals surface area contributed by atoms with E-state index in [2.05, 4.69) is 5.32 Å². The summed E-state index contributed by atoms with van der Waals surface area (Å²) in [6.45, 7) is 4.95. The Morgan fingerprint density at radius 3 is 2.83 bits per heavy atom. The molecule has 3 aromatic rings. The lowest BCUT2D eigenvalue weighted by Crippen LogP contribution is -2.37. The van der Waals surface area contributed by atoms with Crippen LogP contribution in [0.5, 0.6) is 0 Å². The van der Waals surface area contributed by atoms with Gasteiger partial charge >= 0.3 is 5.63 Å². The Morgan fingerprint density at radius 2 is 2.03 bits per heavy atom. The highest BCUT2D eigenvalue weighted by Gasteiger charge is 2.29. The number of aryl methyl sites for hydroxylation is 2. The Hall–Kier alpha value is -3.12. The third-order valence-electron chi connectivity index (χ3n) is 5.99. The fourth-order valence-electron chi connectivity index (χ4n) is 4.13. The first-order chi connectivity index (χ1) is 14.5. The molecule has 2 heterocycles. The molecule has 0 aliphatic carbocycles. The van der Waals surface area contributed by atoms with Crippen molar-refractivity contribution >= 4 is 22.6 Å². The fraction of sp³-hybridized carbons (Fsp3) is 0.333. The number of aliphatic hydroxyl groups excluding tert-OH is 1. The fourth-order valence-corrected chi connectivity index (χ4v) is 4.13. The summed E-state index contributed by atoms with van der Waals surface area (Å²) >= 11 is 0. The number of carbonyl (C=O) groups is 1. The van der Waals surface area contributed by atoms with Crippen LogP contribution >= 0.6 is 0 Å². The van der Waals surface area contributed by atoms with Crippen LogP contribution in [0.4, 0.5) is 5.69 Å². The van der Waals surface area contributed by atoms with E-state index in [1.165, 1.54) is 6.07 Å². The highest BCUT2D eigenvalue weighted by atomic mass is 16.4. The number of amides is 1. The van der Waals surface area contributed by atoms with Gasteiger partial charge in [0.15, 0.2) is 0 Å². The van der Waals surface area contributed by atoms with Crippen molar-refractivity contribution in [1.29, 1.82) is 0 Å². The van der Waals surface area contributed by atoms with Gasteiger partial charge in [0.1, 0.15) is 5.58 Å². The van der Waals surface area contributed by atoms with Crippen LogP contribution in [0.3, 0.4) is 0 Å². The largest absolute Gasteiger partial charge is 0.422 e. The van der Waals surface area contributed by atoms with E-state index in [1.807, 2.05) is 44.2 Å². The summed E-state index contributed by atoms with van der Waals surface area (Å²) in [4.78, 5) is 27.0. The average Bonchev–Trinajstić information content (AvgIpc) is 3.23. The number of carbonyl (C=O) groups excluding carboxylic acids is 1. The molecule has 1 fully saturated rings. The first-order valence-corrected chi connectivity index (χ1v) is 10.3. The zero-order valence-electron chi connectivity index (χ0n) is 17.3. The van der Waals surface area contributed by atoms with E-state index >= 15 is 0 Å². The molecule has 0 bridgehead atoms. The normalized spacial score (nSPS) is 16.2. The molecule has 1 aromatic heterocycles. The summed E-state index contributed by atoms with van der Waals surface area (Å²) < 4.78 is 5.45. The molecule has 6 nitrogen and oxygen atoms in total. The monoisotopic (exact) mass is 406 g/mol. The van der Waals surface area contributed by atoms with Crippen LogP contribution in [-0.4, -0.2) is 35.1 Å². The third-order valence-corrected chi connectivity index (χ3v) is 5.99. The number of fused-ring (bicyclic) bond motifs is 1. The van der Waals surface area contributed by atoms with E-state index < -0.39 is 0 Å². The predicted octanol–water partition coefficient (Wildman–Crippen LogP) is 3.62. The van der Waals surface area contributed by atoms with Crippen LogP contribution in [0.15, 0.2) is 51.7 Å². The molecule has 0 saturated carbocycles. The van der Waals surface area contributed by atoms with Crippen molar-refractivity contribution in [2.75, 3.05) is 18.5 Å². The van der Waals surface area contributed by atoms with Crippen LogP contribution in [0.2, 0.25) is 0 Å². The van der Waals surface area contributed by atoms with Crippen molar-refractivity contribution in [1.82, 2.24) is 4.90 Å². The summed E-state index contributed by atoms with van der Waals surface area (Å²) in [6.07, 6.45) is 1.72. The standard InChI is InChI=1S/C24H26N2O4/c1-15-9-10-19-17(12-22(28)30-23(19)16(15)2)13-25-21-8-4-3-7-20(21)24(29)26-11-5-6-18(26)14-27/h3-4,7-10,12,18,25,27H,5-6,11,13-14H2,1-2H3/t18-/m1/s1. The van der Waals surface area contributed by atoms with Crippen molar-refractivity contribution < 1.29 is 14.3 Å². The Balaban J connectivity index is 1.64. The number of anilines is 1. The number of aliphatic hydroxyl groups is 1. The van der Waals surface area contributed by atoms with Gasteiger partial charge in [-0.2, -0.15) is 0 Å². The van der Waals surface area contributed by atoms with E-state index in [4.69, 9.17) is 4.42 Å². The van der Waals surface area contributed by atoms with Crippen molar-refractivity contribution in [3.05, 3.63) is 75.1 Å². The predicted molar refractivity (Wildman–Crippen MR) is 117 cm³/mol. The first-order valence-electron chi connectivity index (χ1n) is 10.3. The molecule has 4 rings (SSSR count). The number of benzene rings is 2. The van der Waals surface area contributed by atoms with Crippen LogP contribution < -0.4 is 10.9 Å². The molecule has 0 spiro atoms. The summed E-state index contributed by atoms with van der Waals surface area (Å²) in [6, 6.07) is 12.7. The Kier molecular flexibility index (Phi) is 5.59. The summed E-state index contributed by atoms with van der Waals surface area (Å²) in [5.41, 5.74) is 4.32. The van der Waals surface area contributed by atoms with E-state index in [9.17, 15) is 14.7 Å². The van der Waals surface area contributed by atoms with Crippen LogP contribution in [0.1, 0.15) is 39.9 Å². The van der Waals surface area contributed by atoms with Crippen LogP contribution in [-0.2, 0) is 6.54 Å². The average molecular weight is 406 g/mol. The number of hydrogen-bond donors (Lipinski definition) is 2. The second kappa shape index (κ2) is 8.32. The number of hydrogen-bond acceptors (Lipinski definition) is 5. The SMILES string of the molecule is Cc1ccc2c(CNc3ccccc3C(=O)N3CCC[C@@H]3CO)cc(=O)oc2c1C. The minimum absolute atomic E-state index is 0.0219. The van der Waals surface area contributed by atoms with Gasteiger partial charge < -0.3 is 19.7 Å². The second-order valence-electron chi connectivity index (χ2n) is 7.85. The van der Waals surface area contributed by atoms with Crippen LogP contribution in [0, 0.1) is 13.8 Å². The second-order valence-corrected chi connectivity index (χ2v) is 7.85. The molecule has 2 aromatic carbocycles. The molecular weight excluding hydrogens is 380 g/mol. The van der Waals surface area contributed by atoms with Crippen molar-refractivity contribution in [2.45, 2.75) is 39.3 Å². The molecule has 30 heavy (non-hydrogen) atoms. The topological polar surface area (TPSA) is 82.8 Å². The number of nitrogens with one attached hydrogen (secondary N) is 1. The molecule has 1 saturated heterocycles. The van der Waals surface area contributed by atoms with Gasteiger partial charge in [-0.05, 0) is 55.5 Å². The minimum atomic E-state index is -0.389. The van der Waals surface area contributed by atoms with Gasteiger partial charge in [-0.1, -0.05) is 24.3 Å². The van der Waals surface area contributed by atoms with Crippen molar-refractivity contribution in [2.24, 2.45) is 0 Å². The minimum Gasteiger partial charge on any atom is -0.422 e. The highest BCUT2D eigenvalue weighted by Crippen LogP contribution is 2.26. The van der Waals surface area contributed by atoms with E-state index in [1.54, 1.807) is 11.0 Å². The summed E-state index contributed by atoms with van der Waals surface area (Å²) in [5, 5.41) is 13.8. The van der Waals surface area contributed by atoms with Gasteiger partial charge in [-0.25, -0.2) is 4.79 Å². The number of rotatable bonds is 5. The number of para-hydroxylation sites is 1. The lowest BCUT2D eigenvalue weighted by Gasteiger charge is -2.24. The van der Waals surface area contributed by atoms with Crippen molar-refractivity contribution in [3.8, 4) is 0 Å². The molecule has 6 heteroatoms. The maximum absolute atomic E-state index is 13.1. The lowest BCUT2D eigenvalue weighted by atomic mass is 10.0.